The number of rotatable bonds is 5. The van der Waals surface area contributed by atoms with E-state index in [0.717, 1.165) is 43.5 Å². The normalized spacial score (nSPS) is 18.2. The molecule has 1 aromatic carbocycles. The smallest absolute Gasteiger partial charge is 0.295 e. The van der Waals surface area contributed by atoms with Crippen LogP contribution in [0.4, 0.5) is 15.8 Å². The van der Waals surface area contributed by atoms with Crippen molar-refractivity contribution in [3.05, 3.63) is 39.8 Å². The Morgan fingerprint density at radius 2 is 2.00 bits per heavy atom. The molecule has 0 amide bonds. The number of hydrogen-bond donors (Lipinski definition) is 0. The molecule has 26 heavy (non-hydrogen) atoms. The molecule has 1 aromatic heterocycles. The van der Waals surface area contributed by atoms with Gasteiger partial charge in [0.15, 0.2) is 17.4 Å². The fraction of sp³-hybridized carbons (Fsp3) is 0.529. The van der Waals surface area contributed by atoms with Crippen LogP contribution in [0.25, 0.3) is 0 Å². The van der Waals surface area contributed by atoms with E-state index in [4.69, 9.17) is 9.26 Å². The maximum atomic E-state index is 13.8. The first kappa shape index (κ1) is 16.7. The van der Waals surface area contributed by atoms with E-state index in [1.165, 1.54) is 13.2 Å². The Kier molecular flexibility index (Phi) is 4.21. The second kappa shape index (κ2) is 6.54. The van der Waals surface area contributed by atoms with Crippen molar-refractivity contribution in [3.8, 4) is 5.75 Å². The largest absolute Gasteiger partial charge is 0.494 e. The van der Waals surface area contributed by atoms with Crippen LogP contribution in [0.15, 0.2) is 16.7 Å². The number of aromatic nitrogens is 2. The summed E-state index contributed by atoms with van der Waals surface area (Å²) in [6, 6.07) is 2.31. The molecule has 2 aliphatic rings. The van der Waals surface area contributed by atoms with Crippen LogP contribution >= 0.6 is 0 Å². The standard InChI is InChI=1S/C17H19FN4O4/c1-25-15-9-13(14(22(23)24)8-12(15)18)21-6-4-10(5-7-21)16-19-17(26-20-16)11-2-3-11/h8-11H,2-7H2,1H3. The van der Waals surface area contributed by atoms with Gasteiger partial charge in [-0.3, -0.25) is 10.1 Å². The summed E-state index contributed by atoms with van der Waals surface area (Å²) in [6.07, 6.45) is 3.72. The lowest BCUT2D eigenvalue weighted by Gasteiger charge is -2.32. The summed E-state index contributed by atoms with van der Waals surface area (Å²) >= 11 is 0. The quantitative estimate of drug-likeness (QED) is 0.594. The van der Waals surface area contributed by atoms with E-state index in [0.29, 0.717) is 24.7 Å². The molecule has 0 spiro atoms. The Balaban J connectivity index is 1.51. The van der Waals surface area contributed by atoms with E-state index < -0.39 is 10.7 Å². The van der Waals surface area contributed by atoms with Crippen molar-refractivity contribution in [2.75, 3.05) is 25.1 Å². The second-order valence-electron chi connectivity index (χ2n) is 6.76. The maximum Gasteiger partial charge on any atom is 0.295 e. The second-order valence-corrected chi connectivity index (χ2v) is 6.76. The molecule has 2 heterocycles. The SMILES string of the molecule is COc1cc(N2CCC(c3noc(C4CC4)n3)CC2)c([N+](=O)[O-])cc1F. The van der Waals surface area contributed by atoms with Gasteiger partial charge in [0.2, 0.25) is 5.89 Å². The van der Waals surface area contributed by atoms with E-state index >= 15 is 0 Å². The van der Waals surface area contributed by atoms with Gasteiger partial charge in [-0.2, -0.15) is 4.98 Å². The van der Waals surface area contributed by atoms with Crippen molar-refractivity contribution in [3.63, 3.8) is 0 Å². The Hall–Kier alpha value is -2.71. The topological polar surface area (TPSA) is 94.5 Å². The number of benzene rings is 1. The number of hydrogen-bond acceptors (Lipinski definition) is 7. The summed E-state index contributed by atoms with van der Waals surface area (Å²) in [6.45, 7) is 1.18. The van der Waals surface area contributed by atoms with Gasteiger partial charge in [0.25, 0.3) is 5.69 Å². The molecule has 9 heteroatoms. The van der Waals surface area contributed by atoms with Crippen molar-refractivity contribution in [1.82, 2.24) is 10.1 Å². The predicted molar refractivity (Wildman–Crippen MR) is 90.1 cm³/mol. The van der Waals surface area contributed by atoms with E-state index in [1.54, 1.807) is 0 Å². The van der Waals surface area contributed by atoms with Crippen LogP contribution in [0.2, 0.25) is 0 Å². The first-order valence-electron chi connectivity index (χ1n) is 8.67. The predicted octanol–water partition coefficient (Wildman–Crippen LogP) is 3.39. The zero-order valence-corrected chi connectivity index (χ0v) is 14.4. The molecular weight excluding hydrogens is 343 g/mol. The van der Waals surface area contributed by atoms with Crippen LogP contribution < -0.4 is 9.64 Å². The summed E-state index contributed by atoms with van der Waals surface area (Å²) in [4.78, 5) is 17.1. The lowest BCUT2D eigenvalue weighted by atomic mass is 9.95. The minimum atomic E-state index is -0.739. The average molecular weight is 362 g/mol. The number of halogens is 1. The monoisotopic (exact) mass is 362 g/mol. The van der Waals surface area contributed by atoms with Crippen molar-refractivity contribution in [1.29, 1.82) is 0 Å². The highest BCUT2D eigenvalue weighted by molar-refractivity contribution is 5.66. The van der Waals surface area contributed by atoms with Crippen LogP contribution in [0.1, 0.15) is 49.2 Å². The third-order valence-corrected chi connectivity index (χ3v) is 5.03. The summed E-state index contributed by atoms with van der Waals surface area (Å²) in [5, 5.41) is 15.4. The molecule has 0 bridgehead atoms. The van der Waals surface area contributed by atoms with E-state index in [-0.39, 0.29) is 17.4 Å². The van der Waals surface area contributed by atoms with Gasteiger partial charge < -0.3 is 14.2 Å². The Morgan fingerprint density at radius 1 is 1.27 bits per heavy atom. The first-order chi connectivity index (χ1) is 12.6. The molecule has 2 aromatic rings. The molecule has 4 rings (SSSR count). The van der Waals surface area contributed by atoms with Gasteiger partial charge in [-0.15, -0.1) is 0 Å². The fourth-order valence-corrected chi connectivity index (χ4v) is 3.38. The number of anilines is 1. The van der Waals surface area contributed by atoms with Crippen LogP contribution in [-0.2, 0) is 0 Å². The number of nitro groups is 1. The lowest BCUT2D eigenvalue weighted by Crippen LogP contribution is -2.33. The highest BCUT2D eigenvalue weighted by Crippen LogP contribution is 2.41. The van der Waals surface area contributed by atoms with Gasteiger partial charge in [-0.05, 0) is 25.7 Å². The molecule has 138 valence electrons. The number of methoxy groups -OCH3 is 1. The van der Waals surface area contributed by atoms with Crippen LogP contribution in [0.5, 0.6) is 5.75 Å². The molecule has 1 saturated carbocycles. The van der Waals surface area contributed by atoms with Gasteiger partial charge >= 0.3 is 0 Å². The number of piperidine rings is 1. The van der Waals surface area contributed by atoms with Gasteiger partial charge in [-0.25, -0.2) is 4.39 Å². The highest BCUT2D eigenvalue weighted by atomic mass is 19.1. The van der Waals surface area contributed by atoms with E-state index in [9.17, 15) is 14.5 Å². The van der Waals surface area contributed by atoms with Crippen LogP contribution in [0, 0.1) is 15.9 Å². The molecule has 0 N–H and O–H groups in total. The fourth-order valence-electron chi connectivity index (χ4n) is 3.38. The summed E-state index contributed by atoms with van der Waals surface area (Å²) in [5.74, 6) is 1.30. The van der Waals surface area contributed by atoms with Gasteiger partial charge in [0.05, 0.1) is 18.1 Å². The van der Waals surface area contributed by atoms with E-state index in [2.05, 4.69) is 10.1 Å². The first-order valence-corrected chi connectivity index (χ1v) is 8.67. The number of nitrogens with zero attached hydrogens (tertiary/aromatic N) is 4. The Bertz CT molecular complexity index is 828. The molecular formula is C17H19FN4O4. The molecule has 0 radical (unpaired) electrons. The van der Waals surface area contributed by atoms with Crippen molar-refractivity contribution < 1.29 is 18.6 Å². The third kappa shape index (κ3) is 3.09. The number of ether oxygens (including phenoxy) is 1. The van der Waals surface area contributed by atoms with Crippen molar-refractivity contribution in [2.24, 2.45) is 0 Å². The molecule has 1 saturated heterocycles. The summed E-state index contributed by atoms with van der Waals surface area (Å²) in [7, 11) is 1.34. The minimum Gasteiger partial charge on any atom is -0.494 e. The summed E-state index contributed by atoms with van der Waals surface area (Å²) < 4.78 is 24.1. The maximum absolute atomic E-state index is 13.8. The molecule has 0 unspecified atom stereocenters. The minimum absolute atomic E-state index is 0.0000309. The zero-order valence-electron chi connectivity index (χ0n) is 14.4. The van der Waals surface area contributed by atoms with Gasteiger partial charge in [0.1, 0.15) is 5.69 Å². The molecule has 2 fully saturated rings. The Morgan fingerprint density at radius 3 is 2.62 bits per heavy atom. The molecule has 8 nitrogen and oxygen atoms in total. The molecule has 1 aliphatic carbocycles. The average Bonchev–Trinajstić information content (AvgIpc) is 3.38. The number of nitro benzene ring substituents is 1. The zero-order chi connectivity index (χ0) is 18.3. The molecule has 0 atom stereocenters. The highest BCUT2D eigenvalue weighted by Gasteiger charge is 2.33. The summed E-state index contributed by atoms with van der Waals surface area (Å²) in [5.41, 5.74) is 0.121. The molecule has 1 aliphatic heterocycles. The van der Waals surface area contributed by atoms with Gasteiger partial charge in [0, 0.05) is 31.0 Å². The van der Waals surface area contributed by atoms with E-state index in [1.807, 2.05) is 4.90 Å². The van der Waals surface area contributed by atoms with Crippen LogP contribution in [-0.4, -0.2) is 35.3 Å². The van der Waals surface area contributed by atoms with Gasteiger partial charge in [-0.1, -0.05) is 5.16 Å². The van der Waals surface area contributed by atoms with Crippen molar-refractivity contribution in [2.45, 2.75) is 37.5 Å². The Labute approximate surface area is 149 Å². The lowest BCUT2D eigenvalue weighted by molar-refractivity contribution is -0.384. The van der Waals surface area contributed by atoms with Crippen molar-refractivity contribution >= 4 is 11.4 Å². The third-order valence-electron chi connectivity index (χ3n) is 5.03. The van der Waals surface area contributed by atoms with Crippen LogP contribution in [0.3, 0.4) is 0 Å².